The minimum Gasteiger partial charge on any atom is -0.366 e. The van der Waals surface area contributed by atoms with Gasteiger partial charge in [0.15, 0.2) is 5.11 Å². The molecule has 1 amide bonds. The van der Waals surface area contributed by atoms with Crippen molar-refractivity contribution >= 4 is 46.0 Å². The van der Waals surface area contributed by atoms with Gasteiger partial charge in [-0.3, -0.25) is 30.3 Å². The van der Waals surface area contributed by atoms with Crippen LogP contribution in [0.1, 0.15) is 29.6 Å². The second kappa shape index (κ2) is 9.43. The largest absolute Gasteiger partial charge is 0.366 e. The van der Waals surface area contributed by atoms with E-state index in [1.165, 1.54) is 24.3 Å². The first-order valence-corrected chi connectivity index (χ1v) is 9.77. The number of piperidine rings is 1. The molecular weight excluding hydrogens is 429 g/mol. The van der Waals surface area contributed by atoms with Gasteiger partial charge in [0.25, 0.3) is 11.6 Å². The quantitative estimate of drug-likeness (QED) is 0.402. The highest BCUT2D eigenvalue weighted by Gasteiger charge is 2.23. The van der Waals surface area contributed by atoms with Crippen LogP contribution in [0, 0.1) is 26.0 Å². The van der Waals surface area contributed by atoms with Crippen molar-refractivity contribution in [1.82, 2.24) is 5.32 Å². The van der Waals surface area contributed by atoms with Crippen LogP contribution in [0.15, 0.2) is 36.4 Å². The number of hydrogen-bond acceptors (Lipinski definition) is 7. The molecule has 0 bridgehead atoms. The van der Waals surface area contributed by atoms with E-state index in [2.05, 4.69) is 10.6 Å². The molecule has 0 atom stereocenters. The number of benzene rings is 2. The summed E-state index contributed by atoms with van der Waals surface area (Å²) in [5.74, 6) is -1.70. The molecule has 1 aliphatic rings. The highest BCUT2D eigenvalue weighted by molar-refractivity contribution is 7.80. The maximum atomic E-state index is 13.4. The van der Waals surface area contributed by atoms with Gasteiger partial charge in [-0.1, -0.05) is 0 Å². The number of amides is 1. The zero-order valence-electron chi connectivity index (χ0n) is 16.2. The number of carbonyl (C=O) groups excluding carboxylic acids is 1. The molecular formula is C19H18FN5O5S. The summed E-state index contributed by atoms with van der Waals surface area (Å²) in [5.41, 5.74) is -0.335. The van der Waals surface area contributed by atoms with Gasteiger partial charge >= 0.3 is 5.69 Å². The third-order valence-electron chi connectivity index (χ3n) is 4.76. The topological polar surface area (TPSA) is 131 Å². The Hall–Kier alpha value is -3.67. The zero-order chi connectivity index (χ0) is 22.5. The Morgan fingerprint density at radius 2 is 1.68 bits per heavy atom. The highest BCUT2D eigenvalue weighted by atomic mass is 32.1. The number of nitrogens with zero attached hydrogens (tertiary/aromatic N) is 3. The van der Waals surface area contributed by atoms with Crippen LogP contribution < -0.4 is 15.5 Å². The van der Waals surface area contributed by atoms with Gasteiger partial charge in [-0.05, 0) is 55.7 Å². The molecule has 1 heterocycles. The van der Waals surface area contributed by atoms with Crippen molar-refractivity contribution in [3.63, 3.8) is 0 Å². The van der Waals surface area contributed by atoms with Crippen molar-refractivity contribution in [2.75, 3.05) is 23.3 Å². The molecule has 2 N–H and O–H groups in total. The summed E-state index contributed by atoms with van der Waals surface area (Å²) < 4.78 is 13.4. The molecule has 0 spiro atoms. The lowest BCUT2D eigenvalue weighted by molar-refractivity contribution is -0.387. The summed E-state index contributed by atoms with van der Waals surface area (Å²) in [6.45, 7) is 1.42. The van der Waals surface area contributed by atoms with Crippen LogP contribution in [0.25, 0.3) is 0 Å². The van der Waals surface area contributed by atoms with Gasteiger partial charge in [-0.25, -0.2) is 0 Å². The molecule has 0 unspecified atom stereocenters. The van der Waals surface area contributed by atoms with E-state index in [0.717, 1.165) is 31.4 Å². The number of carbonyl (C=O) groups is 1. The summed E-state index contributed by atoms with van der Waals surface area (Å²) in [6, 6.07) is 7.25. The summed E-state index contributed by atoms with van der Waals surface area (Å²) in [6.07, 6.45) is 2.97. The smallest absolute Gasteiger partial charge is 0.306 e. The van der Waals surface area contributed by atoms with E-state index in [0.29, 0.717) is 18.8 Å². The summed E-state index contributed by atoms with van der Waals surface area (Å²) >= 11 is 5.02. The van der Waals surface area contributed by atoms with Crippen LogP contribution >= 0.6 is 12.2 Å². The first-order valence-electron chi connectivity index (χ1n) is 9.36. The Balaban J connectivity index is 1.73. The van der Waals surface area contributed by atoms with Gasteiger partial charge in [-0.2, -0.15) is 4.39 Å². The fourth-order valence-electron chi connectivity index (χ4n) is 3.28. The molecule has 10 nitrogen and oxygen atoms in total. The molecule has 2 aromatic rings. The Morgan fingerprint density at radius 1 is 1.00 bits per heavy atom. The van der Waals surface area contributed by atoms with E-state index in [-0.39, 0.29) is 22.1 Å². The number of hydrogen-bond donors (Lipinski definition) is 2. The van der Waals surface area contributed by atoms with E-state index in [4.69, 9.17) is 12.2 Å². The molecule has 12 heteroatoms. The van der Waals surface area contributed by atoms with Crippen molar-refractivity contribution in [2.45, 2.75) is 19.3 Å². The van der Waals surface area contributed by atoms with E-state index in [1.807, 2.05) is 4.90 Å². The van der Waals surface area contributed by atoms with Crippen LogP contribution in [-0.4, -0.2) is 34.0 Å². The molecule has 0 aliphatic carbocycles. The van der Waals surface area contributed by atoms with Gasteiger partial charge in [0.05, 0.1) is 9.85 Å². The van der Waals surface area contributed by atoms with Crippen LogP contribution in [0.3, 0.4) is 0 Å². The number of halogens is 1. The van der Waals surface area contributed by atoms with Crippen LogP contribution in [-0.2, 0) is 0 Å². The molecule has 1 fully saturated rings. The van der Waals surface area contributed by atoms with Gasteiger partial charge in [-0.15, -0.1) is 0 Å². The van der Waals surface area contributed by atoms with Crippen molar-refractivity contribution < 1.29 is 19.0 Å². The lowest BCUT2D eigenvalue weighted by Gasteiger charge is -2.28. The van der Waals surface area contributed by atoms with E-state index < -0.39 is 27.3 Å². The predicted octanol–water partition coefficient (Wildman–Crippen LogP) is 3.76. The normalized spacial score (nSPS) is 13.4. The number of nitrogens with one attached hydrogen (secondary N) is 2. The number of thiocarbonyl (C=S) groups is 1. The molecule has 0 aromatic heterocycles. The molecule has 31 heavy (non-hydrogen) atoms. The standard InChI is InChI=1S/C19H18FN5O5S/c20-14-6-5-13(11-16(14)24(27)28)21-19(31)22-18(26)12-4-7-15(17(10-12)25(29)30)23-8-2-1-3-9-23/h4-7,10-11H,1-3,8-9H2,(H2,21,22,26,31). The zero-order valence-corrected chi connectivity index (χ0v) is 17.0. The molecule has 0 radical (unpaired) electrons. The van der Waals surface area contributed by atoms with Crippen molar-refractivity contribution in [2.24, 2.45) is 0 Å². The minimum atomic E-state index is -1.01. The third-order valence-corrected chi connectivity index (χ3v) is 4.96. The van der Waals surface area contributed by atoms with Crippen molar-refractivity contribution in [3.8, 4) is 0 Å². The summed E-state index contributed by atoms with van der Waals surface area (Å²) in [5, 5.41) is 27.1. The number of nitro groups is 2. The highest BCUT2D eigenvalue weighted by Crippen LogP contribution is 2.31. The minimum absolute atomic E-state index is 0.0293. The maximum Gasteiger partial charge on any atom is 0.306 e. The SMILES string of the molecule is O=C(NC(=S)Nc1ccc(F)c([N+](=O)[O-])c1)c1ccc(N2CCCCC2)c([N+](=O)[O-])c1. The first kappa shape index (κ1) is 22.0. The van der Waals surface area contributed by atoms with E-state index in [9.17, 15) is 29.4 Å². The number of rotatable bonds is 5. The molecule has 3 rings (SSSR count). The first-order chi connectivity index (χ1) is 14.8. The molecule has 1 aliphatic heterocycles. The van der Waals surface area contributed by atoms with Crippen molar-refractivity contribution in [3.05, 3.63) is 68.0 Å². The average Bonchev–Trinajstić information content (AvgIpc) is 2.75. The average molecular weight is 447 g/mol. The second-order valence-electron chi connectivity index (χ2n) is 6.84. The summed E-state index contributed by atoms with van der Waals surface area (Å²) in [7, 11) is 0. The Labute approximate surface area is 181 Å². The molecule has 2 aromatic carbocycles. The lowest BCUT2D eigenvalue weighted by Crippen LogP contribution is -2.34. The molecule has 162 valence electrons. The van der Waals surface area contributed by atoms with Gasteiger partial charge in [0, 0.05) is 36.5 Å². The molecule has 1 saturated heterocycles. The van der Waals surface area contributed by atoms with E-state index >= 15 is 0 Å². The third kappa shape index (κ3) is 5.28. The van der Waals surface area contributed by atoms with Gasteiger partial charge in [0.1, 0.15) is 5.69 Å². The summed E-state index contributed by atoms with van der Waals surface area (Å²) in [4.78, 5) is 35.4. The predicted molar refractivity (Wildman–Crippen MR) is 116 cm³/mol. The Morgan fingerprint density at radius 3 is 2.32 bits per heavy atom. The fourth-order valence-corrected chi connectivity index (χ4v) is 3.49. The maximum absolute atomic E-state index is 13.4. The Bertz CT molecular complexity index is 1060. The van der Waals surface area contributed by atoms with Crippen LogP contribution in [0.2, 0.25) is 0 Å². The second-order valence-corrected chi connectivity index (χ2v) is 7.25. The molecule has 0 saturated carbocycles. The lowest BCUT2D eigenvalue weighted by atomic mass is 10.1. The van der Waals surface area contributed by atoms with Gasteiger partial charge in [0.2, 0.25) is 5.82 Å². The van der Waals surface area contributed by atoms with E-state index in [1.54, 1.807) is 0 Å². The number of anilines is 2. The Kier molecular flexibility index (Phi) is 6.70. The van der Waals surface area contributed by atoms with Crippen molar-refractivity contribution in [1.29, 1.82) is 0 Å². The fraction of sp³-hybridized carbons (Fsp3) is 0.263. The van der Waals surface area contributed by atoms with Crippen LogP contribution in [0.4, 0.5) is 27.1 Å². The monoisotopic (exact) mass is 447 g/mol. The number of nitro benzene ring substituents is 2. The van der Waals surface area contributed by atoms with Crippen LogP contribution in [0.5, 0.6) is 0 Å². The van der Waals surface area contributed by atoms with Gasteiger partial charge < -0.3 is 10.2 Å².